The molecule has 118 valence electrons. The van der Waals surface area contributed by atoms with Crippen molar-refractivity contribution in [1.82, 2.24) is 0 Å². The van der Waals surface area contributed by atoms with E-state index in [9.17, 15) is 13.5 Å². The van der Waals surface area contributed by atoms with Gasteiger partial charge in [0, 0.05) is 6.26 Å². The van der Waals surface area contributed by atoms with Gasteiger partial charge in [0.15, 0.2) is 0 Å². The summed E-state index contributed by atoms with van der Waals surface area (Å²) in [6.45, 7) is 3.92. The van der Waals surface area contributed by atoms with Gasteiger partial charge in [0.2, 0.25) is 0 Å². The summed E-state index contributed by atoms with van der Waals surface area (Å²) >= 11 is 0. The van der Waals surface area contributed by atoms with Crippen LogP contribution in [0.4, 0.5) is 0 Å². The van der Waals surface area contributed by atoms with E-state index in [1.165, 1.54) is 11.8 Å². The molecular weight excluding hydrogens is 284 g/mol. The van der Waals surface area contributed by atoms with Crippen LogP contribution in [0.3, 0.4) is 0 Å². The predicted molar refractivity (Wildman–Crippen MR) is 86.0 cm³/mol. The molecule has 0 radical (unpaired) electrons. The number of sulfone groups is 1. The van der Waals surface area contributed by atoms with E-state index >= 15 is 0 Å². The van der Waals surface area contributed by atoms with Crippen LogP contribution in [-0.2, 0) is 21.9 Å². The maximum atomic E-state index is 11.8. The number of benzene rings is 1. The summed E-state index contributed by atoms with van der Waals surface area (Å²) in [7, 11) is -3.02. The lowest BCUT2D eigenvalue weighted by Gasteiger charge is -2.38. The minimum atomic E-state index is -3.02. The summed E-state index contributed by atoms with van der Waals surface area (Å²) in [4.78, 5) is 0. The van der Waals surface area contributed by atoms with Crippen molar-refractivity contribution in [2.24, 2.45) is 5.92 Å². The Kier molecular flexibility index (Phi) is 4.79. The number of aryl methyl sites for hydroxylation is 1. The zero-order valence-corrected chi connectivity index (χ0v) is 14.0. The molecule has 0 bridgehead atoms. The molecule has 1 aromatic rings. The first-order valence-electron chi connectivity index (χ1n) is 7.75. The second-order valence-corrected chi connectivity index (χ2v) is 8.84. The maximum absolute atomic E-state index is 11.8. The first kappa shape index (κ1) is 16.5. The molecule has 0 spiro atoms. The lowest BCUT2D eigenvalue weighted by atomic mass is 9.74. The van der Waals surface area contributed by atoms with Crippen molar-refractivity contribution < 1.29 is 13.5 Å². The molecule has 1 aliphatic carbocycles. The number of aliphatic hydroxyl groups is 1. The van der Waals surface area contributed by atoms with Gasteiger partial charge in [-0.3, -0.25) is 0 Å². The molecule has 0 saturated heterocycles. The van der Waals surface area contributed by atoms with Gasteiger partial charge in [-0.15, -0.1) is 0 Å². The quantitative estimate of drug-likeness (QED) is 0.930. The Hall–Kier alpha value is -0.870. The van der Waals surface area contributed by atoms with Crippen LogP contribution in [0.2, 0.25) is 0 Å². The van der Waals surface area contributed by atoms with Crippen LogP contribution < -0.4 is 0 Å². The van der Waals surface area contributed by atoms with E-state index in [0.29, 0.717) is 6.42 Å². The van der Waals surface area contributed by atoms with Crippen LogP contribution in [0.25, 0.3) is 0 Å². The lowest BCUT2D eigenvalue weighted by Crippen LogP contribution is -2.38. The highest BCUT2D eigenvalue weighted by Gasteiger charge is 2.39. The Morgan fingerprint density at radius 3 is 2.38 bits per heavy atom. The van der Waals surface area contributed by atoms with Crippen molar-refractivity contribution in [3.05, 3.63) is 35.4 Å². The van der Waals surface area contributed by atoms with E-state index < -0.39 is 15.4 Å². The smallest absolute Gasteiger partial charge is 0.150 e. The largest absolute Gasteiger partial charge is 0.385 e. The zero-order valence-electron chi connectivity index (χ0n) is 13.2. The molecule has 1 saturated carbocycles. The molecule has 1 fully saturated rings. The number of hydrogen-bond donors (Lipinski definition) is 1. The Labute approximate surface area is 128 Å². The molecule has 0 heterocycles. The van der Waals surface area contributed by atoms with Gasteiger partial charge in [0.25, 0.3) is 0 Å². The van der Waals surface area contributed by atoms with E-state index in [1.807, 2.05) is 31.2 Å². The summed E-state index contributed by atoms with van der Waals surface area (Å²) in [5, 5.41) is 10.7. The van der Waals surface area contributed by atoms with Gasteiger partial charge in [0.05, 0.1) is 10.9 Å². The second kappa shape index (κ2) is 6.09. The van der Waals surface area contributed by atoms with Gasteiger partial charge < -0.3 is 5.11 Å². The van der Waals surface area contributed by atoms with Crippen molar-refractivity contribution in [2.45, 2.75) is 56.8 Å². The van der Waals surface area contributed by atoms with Crippen LogP contribution in [0.1, 0.15) is 50.7 Å². The molecule has 3 atom stereocenters. The summed E-state index contributed by atoms with van der Waals surface area (Å²) in [6, 6.07) is 8.03. The van der Waals surface area contributed by atoms with Crippen molar-refractivity contribution in [3.63, 3.8) is 0 Å². The molecule has 0 aliphatic heterocycles. The van der Waals surface area contributed by atoms with Crippen molar-refractivity contribution >= 4 is 9.84 Å². The molecule has 1 aliphatic rings. The summed E-state index contributed by atoms with van der Waals surface area (Å²) in [5.74, 6) is -0.00143. The standard InChI is InChI=1S/C17H26O3S/c1-4-13-8-10-14(11-9-13)17(2,18)15-6-5-7-16(12-15)21(3,19)20/h8-11,15-16,18H,4-7,12H2,1-3H3. The fourth-order valence-electron chi connectivity index (χ4n) is 3.36. The van der Waals surface area contributed by atoms with Crippen LogP contribution in [0.5, 0.6) is 0 Å². The lowest BCUT2D eigenvalue weighted by molar-refractivity contribution is -0.0208. The van der Waals surface area contributed by atoms with Crippen molar-refractivity contribution in [3.8, 4) is 0 Å². The molecule has 3 nitrogen and oxygen atoms in total. The fraction of sp³-hybridized carbons (Fsp3) is 0.647. The maximum Gasteiger partial charge on any atom is 0.150 e. The van der Waals surface area contributed by atoms with Crippen LogP contribution in [-0.4, -0.2) is 25.0 Å². The van der Waals surface area contributed by atoms with E-state index in [2.05, 4.69) is 6.92 Å². The third kappa shape index (κ3) is 3.67. The molecular formula is C17H26O3S. The van der Waals surface area contributed by atoms with E-state index in [1.54, 1.807) is 0 Å². The third-order valence-electron chi connectivity index (χ3n) is 4.97. The third-order valence-corrected chi connectivity index (χ3v) is 6.61. The van der Waals surface area contributed by atoms with Gasteiger partial charge >= 0.3 is 0 Å². The minimum absolute atomic E-state index is 0.00143. The van der Waals surface area contributed by atoms with Crippen LogP contribution in [0, 0.1) is 5.92 Å². The SMILES string of the molecule is CCc1ccc(C(C)(O)C2CCCC(S(C)(=O)=O)C2)cc1. The predicted octanol–water partition coefficient (Wildman–Crippen LogP) is 3.06. The Morgan fingerprint density at radius 2 is 1.86 bits per heavy atom. The van der Waals surface area contributed by atoms with Gasteiger partial charge in [-0.2, -0.15) is 0 Å². The monoisotopic (exact) mass is 310 g/mol. The topological polar surface area (TPSA) is 54.4 Å². The van der Waals surface area contributed by atoms with E-state index in [-0.39, 0.29) is 11.2 Å². The highest BCUT2D eigenvalue weighted by atomic mass is 32.2. The molecule has 3 unspecified atom stereocenters. The van der Waals surface area contributed by atoms with Gasteiger partial charge in [-0.25, -0.2) is 8.42 Å². The van der Waals surface area contributed by atoms with E-state index in [4.69, 9.17) is 0 Å². The zero-order chi connectivity index (χ0) is 15.7. The average molecular weight is 310 g/mol. The normalized spacial score (nSPS) is 26.3. The summed E-state index contributed by atoms with van der Waals surface area (Å²) in [6.07, 6.45) is 5.31. The fourth-order valence-corrected chi connectivity index (χ4v) is 4.53. The minimum Gasteiger partial charge on any atom is -0.385 e. The summed E-state index contributed by atoms with van der Waals surface area (Å²) < 4.78 is 23.6. The first-order chi connectivity index (χ1) is 9.75. The Morgan fingerprint density at radius 1 is 1.24 bits per heavy atom. The number of rotatable bonds is 4. The Balaban J connectivity index is 2.21. The van der Waals surface area contributed by atoms with Gasteiger partial charge in [0.1, 0.15) is 9.84 Å². The van der Waals surface area contributed by atoms with Gasteiger partial charge in [-0.05, 0) is 49.7 Å². The molecule has 21 heavy (non-hydrogen) atoms. The van der Waals surface area contributed by atoms with Crippen molar-refractivity contribution in [1.29, 1.82) is 0 Å². The second-order valence-electron chi connectivity index (χ2n) is 6.51. The highest BCUT2D eigenvalue weighted by Crippen LogP contribution is 2.40. The van der Waals surface area contributed by atoms with E-state index in [0.717, 1.165) is 31.2 Å². The van der Waals surface area contributed by atoms with Crippen LogP contribution >= 0.6 is 0 Å². The number of hydrogen-bond acceptors (Lipinski definition) is 3. The molecule has 1 N–H and O–H groups in total. The van der Waals surface area contributed by atoms with Gasteiger partial charge in [-0.1, -0.05) is 37.6 Å². The summed E-state index contributed by atoms with van der Waals surface area (Å²) in [5.41, 5.74) is 1.17. The van der Waals surface area contributed by atoms with Crippen molar-refractivity contribution in [2.75, 3.05) is 6.26 Å². The molecule has 2 rings (SSSR count). The highest BCUT2D eigenvalue weighted by molar-refractivity contribution is 7.91. The first-order valence-corrected chi connectivity index (χ1v) is 9.71. The molecule has 0 aromatic heterocycles. The molecule has 1 aromatic carbocycles. The average Bonchev–Trinajstić information content (AvgIpc) is 2.46. The molecule has 4 heteroatoms. The Bertz CT molecular complexity index is 573. The molecule has 0 amide bonds. The van der Waals surface area contributed by atoms with Crippen LogP contribution in [0.15, 0.2) is 24.3 Å².